The number of carbonyl (C=O) groups excluding carboxylic acids is 2. The molecule has 3 aromatic rings. The summed E-state index contributed by atoms with van der Waals surface area (Å²) in [5.74, 6) is -0.760. The molecule has 0 spiro atoms. The van der Waals surface area contributed by atoms with Gasteiger partial charge in [-0.25, -0.2) is 22.7 Å². The van der Waals surface area contributed by atoms with Crippen molar-refractivity contribution in [3.63, 3.8) is 0 Å². The van der Waals surface area contributed by atoms with Gasteiger partial charge in [-0.3, -0.25) is 4.79 Å². The summed E-state index contributed by atoms with van der Waals surface area (Å²) in [4.78, 5) is 24.5. The number of nitrogens with two attached hydrogens (primary N) is 1. The van der Waals surface area contributed by atoms with Crippen LogP contribution in [0.1, 0.15) is 34.5 Å². The smallest absolute Gasteiger partial charge is 0.319 e. The Balaban J connectivity index is 1.53. The van der Waals surface area contributed by atoms with Gasteiger partial charge >= 0.3 is 6.03 Å². The fraction of sp³-hybridized carbons (Fsp3) is 0.130. The van der Waals surface area contributed by atoms with Gasteiger partial charge in [-0.2, -0.15) is 0 Å². The topological polar surface area (TPSA) is 130 Å². The number of sulfonamides is 1. The quantitative estimate of drug-likeness (QED) is 0.422. The van der Waals surface area contributed by atoms with Crippen LogP contribution in [0.3, 0.4) is 0 Å². The molecule has 0 heterocycles. The molecule has 1 atom stereocenters. The Morgan fingerprint density at radius 2 is 1.61 bits per heavy atom. The van der Waals surface area contributed by atoms with Crippen LogP contribution in [-0.2, 0) is 16.6 Å². The summed E-state index contributed by atoms with van der Waals surface area (Å²) in [6.45, 7) is 1.80. The Morgan fingerprint density at radius 1 is 0.970 bits per heavy atom. The molecule has 0 bridgehead atoms. The van der Waals surface area contributed by atoms with Crippen molar-refractivity contribution in [2.24, 2.45) is 5.14 Å². The first-order valence-corrected chi connectivity index (χ1v) is 11.5. The summed E-state index contributed by atoms with van der Waals surface area (Å²) in [5.41, 5.74) is 1.91. The molecule has 0 fully saturated rings. The maximum absolute atomic E-state index is 13.7. The number of amides is 3. The normalized spacial score (nSPS) is 12.0. The second-order valence-corrected chi connectivity index (χ2v) is 8.85. The second-order valence-electron chi connectivity index (χ2n) is 7.29. The van der Waals surface area contributed by atoms with Crippen molar-refractivity contribution in [1.29, 1.82) is 0 Å². The van der Waals surface area contributed by atoms with Crippen molar-refractivity contribution in [1.82, 2.24) is 10.6 Å². The zero-order valence-electron chi connectivity index (χ0n) is 17.7. The highest BCUT2D eigenvalue weighted by Gasteiger charge is 2.13. The van der Waals surface area contributed by atoms with Gasteiger partial charge in [-0.15, -0.1) is 0 Å². The zero-order chi connectivity index (χ0) is 24.0. The lowest BCUT2D eigenvalue weighted by molar-refractivity contribution is 0.0950. The predicted molar refractivity (Wildman–Crippen MR) is 122 cm³/mol. The molecule has 5 N–H and O–H groups in total. The summed E-state index contributed by atoms with van der Waals surface area (Å²) in [5, 5.41) is 13.1. The number of benzene rings is 3. The molecule has 0 radical (unpaired) electrons. The molecule has 3 amide bonds. The molecule has 3 aromatic carbocycles. The van der Waals surface area contributed by atoms with E-state index >= 15 is 0 Å². The van der Waals surface area contributed by atoms with E-state index in [1.165, 1.54) is 18.2 Å². The minimum Gasteiger partial charge on any atom is -0.348 e. The third-order valence-electron chi connectivity index (χ3n) is 4.86. The lowest BCUT2D eigenvalue weighted by Crippen LogP contribution is -2.31. The van der Waals surface area contributed by atoms with Gasteiger partial charge in [-0.1, -0.05) is 30.3 Å². The molecule has 10 heteroatoms. The Hall–Kier alpha value is -3.76. The molecule has 0 aromatic heterocycles. The van der Waals surface area contributed by atoms with E-state index in [4.69, 9.17) is 5.14 Å². The molecular weight excluding hydrogens is 447 g/mol. The van der Waals surface area contributed by atoms with Gasteiger partial charge in [0.1, 0.15) is 5.82 Å². The van der Waals surface area contributed by atoms with Crippen LogP contribution < -0.4 is 21.1 Å². The lowest BCUT2D eigenvalue weighted by atomic mass is 10.1. The first-order chi connectivity index (χ1) is 15.6. The summed E-state index contributed by atoms with van der Waals surface area (Å²) < 4.78 is 36.3. The van der Waals surface area contributed by atoms with E-state index in [9.17, 15) is 22.4 Å². The third kappa shape index (κ3) is 6.61. The van der Waals surface area contributed by atoms with Crippen molar-refractivity contribution in [3.8, 4) is 0 Å². The number of halogens is 1. The Morgan fingerprint density at radius 3 is 2.21 bits per heavy atom. The minimum absolute atomic E-state index is 0.0130. The van der Waals surface area contributed by atoms with E-state index < -0.39 is 27.9 Å². The van der Waals surface area contributed by atoms with Gasteiger partial charge < -0.3 is 16.0 Å². The Kier molecular flexibility index (Phi) is 7.41. The molecule has 8 nitrogen and oxygen atoms in total. The summed E-state index contributed by atoms with van der Waals surface area (Å²) in [7, 11) is -3.78. The van der Waals surface area contributed by atoms with Crippen LogP contribution in [0.4, 0.5) is 14.9 Å². The Bertz CT molecular complexity index is 1250. The Labute approximate surface area is 191 Å². The van der Waals surface area contributed by atoms with Gasteiger partial charge in [0.25, 0.3) is 5.91 Å². The average Bonchev–Trinajstić information content (AvgIpc) is 2.78. The third-order valence-corrected chi connectivity index (χ3v) is 5.79. The van der Waals surface area contributed by atoms with Crippen LogP contribution in [0.5, 0.6) is 0 Å². The van der Waals surface area contributed by atoms with E-state index in [0.29, 0.717) is 22.4 Å². The number of urea groups is 1. The van der Waals surface area contributed by atoms with Gasteiger partial charge in [0.2, 0.25) is 10.0 Å². The molecule has 33 heavy (non-hydrogen) atoms. The van der Waals surface area contributed by atoms with Gasteiger partial charge in [0.05, 0.1) is 10.9 Å². The van der Waals surface area contributed by atoms with Crippen molar-refractivity contribution < 1.29 is 22.4 Å². The molecule has 0 aliphatic carbocycles. The van der Waals surface area contributed by atoms with Crippen LogP contribution in [0, 0.1) is 5.82 Å². The van der Waals surface area contributed by atoms with Crippen LogP contribution in [0.2, 0.25) is 0 Å². The van der Waals surface area contributed by atoms with E-state index in [1.807, 2.05) is 0 Å². The lowest BCUT2D eigenvalue weighted by Gasteiger charge is -2.15. The second kappa shape index (κ2) is 10.2. The van der Waals surface area contributed by atoms with Crippen molar-refractivity contribution in [2.75, 3.05) is 5.32 Å². The average molecular weight is 471 g/mol. The fourth-order valence-corrected chi connectivity index (χ4v) is 3.53. The number of hydrogen-bond acceptors (Lipinski definition) is 4. The van der Waals surface area contributed by atoms with Crippen molar-refractivity contribution >= 4 is 27.6 Å². The van der Waals surface area contributed by atoms with Gasteiger partial charge in [0, 0.05) is 23.4 Å². The highest BCUT2D eigenvalue weighted by atomic mass is 32.2. The van der Waals surface area contributed by atoms with Crippen LogP contribution >= 0.6 is 0 Å². The molecule has 0 saturated carbocycles. The number of hydrogen-bond donors (Lipinski definition) is 4. The highest BCUT2D eigenvalue weighted by Crippen LogP contribution is 2.16. The van der Waals surface area contributed by atoms with Gasteiger partial charge in [-0.05, 0) is 55.0 Å². The number of carbonyl (C=O) groups is 2. The van der Waals surface area contributed by atoms with E-state index in [2.05, 4.69) is 16.0 Å². The standard InChI is InChI=1S/C23H23FN4O4S/c1-15(16-8-12-20(13-9-16)33(25,31)32)27-23(30)28-19-10-6-17(7-11-19)22(29)26-14-18-4-2-3-5-21(18)24/h2-13,15H,14H2,1H3,(H,26,29)(H2,25,31,32)(H2,27,28,30). The van der Waals surface area contributed by atoms with Crippen molar-refractivity contribution in [3.05, 3.63) is 95.3 Å². The molecule has 172 valence electrons. The van der Waals surface area contributed by atoms with Crippen LogP contribution in [-0.4, -0.2) is 20.4 Å². The van der Waals surface area contributed by atoms with Crippen LogP contribution in [0.25, 0.3) is 0 Å². The molecule has 3 rings (SSSR count). The molecule has 0 aliphatic heterocycles. The maximum atomic E-state index is 13.7. The predicted octanol–water partition coefficient (Wildman–Crippen LogP) is 3.29. The zero-order valence-corrected chi connectivity index (χ0v) is 18.5. The number of nitrogens with one attached hydrogen (secondary N) is 3. The van der Waals surface area contributed by atoms with E-state index in [-0.39, 0.29) is 17.3 Å². The summed E-state index contributed by atoms with van der Waals surface area (Å²) >= 11 is 0. The fourth-order valence-electron chi connectivity index (χ4n) is 3.02. The number of anilines is 1. The van der Waals surface area contributed by atoms with Crippen molar-refractivity contribution in [2.45, 2.75) is 24.4 Å². The first kappa shape index (κ1) is 23.9. The molecule has 0 saturated heterocycles. The SMILES string of the molecule is CC(NC(=O)Nc1ccc(C(=O)NCc2ccccc2F)cc1)c1ccc(S(N)(=O)=O)cc1. The van der Waals surface area contributed by atoms with E-state index in [1.54, 1.807) is 61.5 Å². The van der Waals surface area contributed by atoms with E-state index in [0.717, 1.165) is 0 Å². The maximum Gasteiger partial charge on any atom is 0.319 e. The summed E-state index contributed by atoms with van der Waals surface area (Å²) in [6, 6.07) is 17.4. The molecule has 0 aliphatic rings. The monoisotopic (exact) mass is 470 g/mol. The number of primary sulfonamides is 1. The van der Waals surface area contributed by atoms with Gasteiger partial charge in [0.15, 0.2) is 0 Å². The minimum atomic E-state index is -3.78. The molecular formula is C23H23FN4O4S. The first-order valence-electron chi connectivity index (χ1n) is 9.95. The number of rotatable bonds is 7. The molecule has 1 unspecified atom stereocenters. The highest BCUT2D eigenvalue weighted by molar-refractivity contribution is 7.89. The summed E-state index contributed by atoms with van der Waals surface area (Å²) in [6.07, 6.45) is 0. The van der Waals surface area contributed by atoms with Crippen LogP contribution in [0.15, 0.2) is 77.7 Å². The largest absolute Gasteiger partial charge is 0.348 e.